The fraction of sp³-hybridized carbons (Fsp3) is 0.571. The maximum Gasteiger partial charge on any atom is 0.433 e. The van der Waals surface area contributed by atoms with Crippen LogP contribution in [0.4, 0.5) is 13.2 Å². The van der Waals surface area contributed by atoms with Gasteiger partial charge in [0.15, 0.2) is 0 Å². The normalized spacial score (nSPS) is 13.0. The molecule has 2 N–H and O–H groups in total. The Bertz CT molecular complexity index is 441. The van der Waals surface area contributed by atoms with Crippen molar-refractivity contribution in [3.8, 4) is 0 Å². The number of rotatable bonds is 7. The lowest BCUT2D eigenvalue weighted by Gasteiger charge is -2.15. The number of alkyl halides is 3. The van der Waals surface area contributed by atoms with Gasteiger partial charge in [0, 0.05) is 19.3 Å². The van der Waals surface area contributed by atoms with Crippen LogP contribution in [0, 0.1) is 5.92 Å². The number of carbonyl (C=O) groups excluding carboxylic acids is 1. The Morgan fingerprint density at radius 3 is 2.57 bits per heavy atom. The molecule has 7 heteroatoms. The van der Waals surface area contributed by atoms with E-state index < -0.39 is 17.8 Å². The second-order valence-electron chi connectivity index (χ2n) is 4.81. The molecule has 1 heterocycles. The Balaban J connectivity index is 2.59. The molecule has 118 valence electrons. The van der Waals surface area contributed by atoms with Crippen LogP contribution in [-0.4, -0.2) is 29.1 Å². The monoisotopic (exact) mass is 304 g/mol. The highest BCUT2D eigenvalue weighted by atomic mass is 19.4. The minimum absolute atomic E-state index is 0.0440. The molecule has 0 bridgehead atoms. The molecule has 0 aliphatic heterocycles. The third-order valence-corrected chi connectivity index (χ3v) is 3.10. The van der Waals surface area contributed by atoms with E-state index in [-0.39, 0.29) is 18.1 Å². The number of halogens is 3. The molecule has 1 unspecified atom stereocenters. The highest BCUT2D eigenvalue weighted by Crippen LogP contribution is 2.27. The first kappa shape index (κ1) is 17.4. The van der Waals surface area contributed by atoms with E-state index in [1.807, 2.05) is 6.92 Å². The Morgan fingerprint density at radius 1 is 1.38 bits per heavy atom. The summed E-state index contributed by atoms with van der Waals surface area (Å²) in [5.74, 6) is -0.304. The van der Waals surface area contributed by atoms with E-state index in [0.29, 0.717) is 13.0 Å². The summed E-state index contributed by atoms with van der Waals surface area (Å²) < 4.78 is 37.1. The summed E-state index contributed by atoms with van der Waals surface area (Å²) in [5, 5.41) is 11.6. The van der Waals surface area contributed by atoms with Crippen molar-refractivity contribution < 1.29 is 23.1 Å². The van der Waals surface area contributed by atoms with Crippen molar-refractivity contribution in [3.05, 3.63) is 29.6 Å². The summed E-state index contributed by atoms with van der Waals surface area (Å²) in [6, 6.07) is 1.89. The molecule has 0 spiro atoms. The number of carbonyl (C=O) groups is 1. The molecule has 0 aromatic carbocycles. The lowest BCUT2D eigenvalue weighted by Crippen LogP contribution is -2.30. The fourth-order valence-electron chi connectivity index (χ4n) is 1.97. The Morgan fingerprint density at radius 2 is 2.10 bits per heavy atom. The summed E-state index contributed by atoms with van der Waals surface area (Å²) in [6.07, 6.45) is -1.21. The van der Waals surface area contributed by atoms with Crippen LogP contribution in [0.5, 0.6) is 0 Å². The molecule has 0 aliphatic carbocycles. The zero-order valence-corrected chi connectivity index (χ0v) is 11.8. The first-order chi connectivity index (χ1) is 9.88. The van der Waals surface area contributed by atoms with Gasteiger partial charge in [0.1, 0.15) is 5.69 Å². The molecule has 1 rings (SSSR count). The smallest absolute Gasteiger partial charge is 0.396 e. The molecule has 1 atom stereocenters. The zero-order valence-electron chi connectivity index (χ0n) is 11.8. The predicted octanol–water partition coefficient (Wildman–Crippen LogP) is 2.63. The van der Waals surface area contributed by atoms with Gasteiger partial charge in [0.05, 0.1) is 5.56 Å². The minimum atomic E-state index is -4.51. The van der Waals surface area contributed by atoms with Crippen LogP contribution in [-0.2, 0) is 6.18 Å². The van der Waals surface area contributed by atoms with Gasteiger partial charge in [-0.3, -0.25) is 9.78 Å². The van der Waals surface area contributed by atoms with Crippen molar-refractivity contribution in [3.63, 3.8) is 0 Å². The average Bonchev–Trinajstić information content (AvgIpc) is 2.44. The van der Waals surface area contributed by atoms with Gasteiger partial charge in [0.2, 0.25) is 0 Å². The summed E-state index contributed by atoms with van der Waals surface area (Å²) in [7, 11) is 0. The first-order valence-corrected chi connectivity index (χ1v) is 6.80. The van der Waals surface area contributed by atoms with E-state index in [1.165, 1.54) is 0 Å². The maximum absolute atomic E-state index is 12.4. The average molecular weight is 304 g/mol. The highest BCUT2D eigenvalue weighted by molar-refractivity contribution is 5.93. The number of hydrogen-bond donors (Lipinski definition) is 2. The predicted molar refractivity (Wildman–Crippen MR) is 71.7 cm³/mol. The Labute approximate surface area is 121 Å². The van der Waals surface area contributed by atoms with E-state index in [4.69, 9.17) is 5.11 Å². The number of nitrogens with one attached hydrogen (secondary N) is 1. The molecule has 1 amide bonds. The number of hydrogen-bond acceptors (Lipinski definition) is 3. The minimum Gasteiger partial charge on any atom is -0.396 e. The lowest BCUT2D eigenvalue weighted by molar-refractivity contribution is -0.141. The van der Waals surface area contributed by atoms with Gasteiger partial charge in [-0.05, 0) is 30.9 Å². The van der Waals surface area contributed by atoms with E-state index in [1.54, 1.807) is 0 Å². The Kier molecular flexibility index (Phi) is 6.61. The largest absolute Gasteiger partial charge is 0.433 e. The summed E-state index contributed by atoms with van der Waals surface area (Å²) >= 11 is 0. The topological polar surface area (TPSA) is 62.2 Å². The van der Waals surface area contributed by atoms with Crippen LogP contribution in [0.2, 0.25) is 0 Å². The van der Waals surface area contributed by atoms with E-state index in [9.17, 15) is 18.0 Å². The highest BCUT2D eigenvalue weighted by Gasteiger charge is 2.32. The van der Waals surface area contributed by atoms with Gasteiger partial charge < -0.3 is 10.4 Å². The second-order valence-corrected chi connectivity index (χ2v) is 4.81. The molecular weight excluding hydrogens is 285 g/mol. The molecular formula is C14H19F3N2O2. The lowest BCUT2D eigenvalue weighted by atomic mass is 10.0. The van der Waals surface area contributed by atoms with Gasteiger partial charge in [-0.15, -0.1) is 0 Å². The van der Waals surface area contributed by atoms with Crippen molar-refractivity contribution in [1.29, 1.82) is 0 Å². The third-order valence-electron chi connectivity index (χ3n) is 3.10. The molecule has 0 aliphatic rings. The second kappa shape index (κ2) is 7.97. The number of aromatic nitrogens is 1. The van der Waals surface area contributed by atoms with Crippen molar-refractivity contribution in [2.24, 2.45) is 5.92 Å². The maximum atomic E-state index is 12.4. The molecule has 4 nitrogen and oxygen atoms in total. The van der Waals surface area contributed by atoms with Crippen LogP contribution in [0.25, 0.3) is 0 Å². The number of pyridine rings is 1. The van der Waals surface area contributed by atoms with Gasteiger partial charge in [-0.2, -0.15) is 13.2 Å². The molecule has 0 saturated carbocycles. The Hall–Kier alpha value is -1.63. The zero-order chi connectivity index (χ0) is 15.9. The van der Waals surface area contributed by atoms with Crippen molar-refractivity contribution in [2.75, 3.05) is 13.2 Å². The summed E-state index contributed by atoms with van der Waals surface area (Å²) in [5.41, 5.74) is -0.939. The van der Waals surface area contributed by atoms with Crippen LogP contribution in [0.1, 0.15) is 42.2 Å². The van der Waals surface area contributed by atoms with Gasteiger partial charge in [-0.25, -0.2) is 0 Å². The fourth-order valence-corrected chi connectivity index (χ4v) is 1.97. The quantitative estimate of drug-likeness (QED) is 0.814. The third kappa shape index (κ3) is 5.71. The van der Waals surface area contributed by atoms with Gasteiger partial charge in [0.25, 0.3) is 5.91 Å². The van der Waals surface area contributed by atoms with E-state index in [0.717, 1.165) is 31.2 Å². The molecule has 0 fully saturated rings. The SMILES string of the molecule is CCCC(CCO)CNC(=O)c1ccc(C(F)(F)F)nc1. The van der Waals surface area contributed by atoms with Crippen LogP contribution in [0.15, 0.2) is 18.3 Å². The standard InChI is InChI=1S/C14H19F3N2O2/c1-2-3-10(6-7-20)8-19-13(21)11-4-5-12(18-9-11)14(15,16)17/h4-5,9-10,20H,2-3,6-8H2,1H3,(H,19,21). The molecule has 21 heavy (non-hydrogen) atoms. The first-order valence-electron chi connectivity index (χ1n) is 6.80. The molecule has 0 saturated heterocycles. The number of aliphatic hydroxyl groups is 1. The van der Waals surface area contributed by atoms with E-state index in [2.05, 4.69) is 10.3 Å². The van der Waals surface area contributed by atoms with Crippen LogP contribution < -0.4 is 5.32 Å². The van der Waals surface area contributed by atoms with E-state index >= 15 is 0 Å². The molecule has 1 aromatic rings. The molecule has 1 aromatic heterocycles. The summed E-state index contributed by atoms with van der Waals surface area (Å²) in [6.45, 7) is 2.43. The van der Waals surface area contributed by atoms with Gasteiger partial charge in [-0.1, -0.05) is 13.3 Å². The van der Waals surface area contributed by atoms with Gasteiger partial charge >= 0.3 is 6.18 Å². The van der Waals surface area contributed by atoms with Crippen molar-refractivity contribution in [2.45, 2.75) is 32.4 Å². The number of nitrogens with zero attached hydrogens (tertiary/aromatic N) is 1. The number of amides is 1. The molecule has 0 radical (unpaired) electrons. The van der Waals surface area contributed by atoms with Crippen LogP contribution >= 0.6 is 0 Å². The number of aliphatic hydroxyl groups excluding tert-OH is 1. The van der Waals surface area contributed by atoms with Crippen LogP contribution in [0.3, 0.4) is 0 Å². The van der Waals surface area contributed by atoms with Crippen molar-refractivity contribution >= 4 is 5.91 Å². The van der Waals surface area contributed by atoms with Crippen molar-refractivity contribution in [1.82, 2.24) is 10.3 Å². The summed E-state index contributed by atoms with van der Waals surface area (Å²) in [4.78, 5) is 15.1.